The van der Waals surface area contributed by atoms with Crippen LogP contribution in [-0.2, 0) is 4.79 Å². The van der Waals surface area contributed by atoms with Gasteiger partial charge >= 0.3 is 0 Å². The highest BCUT2D eigenvalue weighted by Gasteiger charge is 2.32. The number of rotatable bonds is 4. The monoisotopic (exact) mass is 395 g/mol. The van der Waals surface area contributed by atoms with Gasteiger partial charge in [-0.05, 0) is 43.2 Å². The molecule has 0 aliphatic carbocycles. The van der Waals surface area contributed by atoms with Crippen LogP contribution in [0.15, 0.2) is 42.6 Å². The van der Waals surface area contributed by atoms with Crippen LogP contribution >= 0.6 is 0 Å². The molecule has 7 nitrogen and oxygen atoms in total. The van der Waals surface area contributed by atoms with Gasteiger partial charge in [0.2, 0.25) is 5.91 Å². The minimum absolute atomic E-state index is 0.0331. The Morgan fingerprint density at radius 1 is 1.17 bits per heavy atom. The Bertz CT molecular complexity index is 887. The Morgan fingerprint density at radius 2 is 2.00 bits per heavy atom. The third-order valence-electron chi connectivity index (χ3n) is 5.37. The first-order valence-electron chi connectivity index (χ1n) is 9.99. The Kier molecular flexibility index (Phi) is 5.64. The molecule has 4 rings (SSSR count). The molecule has 152 valence electrons. The number of ether oxygens (including phenoxy) is 2. The molecule has 2 aliphatic rings. The van der Waals surface area contributed by atoms with E-state index in [1.807, 2.05) is 23.1 Å². The van der Waals surface area contributed by atoms with Gasteiger partial charge < -0.3 is 19.7 Å². The van der Waals surface area contributed by atoms with Crippen LogP contribution in [0.3, 0.4) is 0 Å². The number of amides is 2. The molecule has 2 amide bonds. The van der Waals surface area contributed by atoms with Gasteiger partial charge in [-0.25, -0.2) is 0 Å². The standard InChI is InChI=1S/C22H25N3O4/c1-15(26)24-21(18-6-2-3-9-23-18)17-5-4-10-25(14-17)22(27)16-7-8-19-20(13-16)29-12-11-28-19/h2-3,6-9,13,17,21H,4-5,10-12,14H2,1H3,(H,24,26)/t17-,21+/m0/s1. The summed E-state index contributed by atoms with van der Waals surface area (Å²) < 4.78 is 11.2. The number of benzene rings is 1. The molecule has 0 saturated carbocycles. The highest BCUT2D eigenvalue weighted by molar-refractivity contribution is 5.95. The molecule has 2 aliphatic heterocycles. The molecule has 0 radical (unpaired) electrons. The molecular weight excluding hydrogens is 370 g/mol. The zero-order chi connectivity index (χ0) is 20.2. The maximum absolute atomic E-state index is 13.1. The SMILES string of the molecule is CC(=O)N[C@@H](c1ccccn1)[C@H]1CCCN(C(=O)c2ccc3c(c2)OCCO3)C1. The molecule has 29 heavy (non-hydrogen) atoms. The van der Waals surface area contributed by atoms with E-state index in [0.717, 1.165) is 18.5 Å². The molecule has 3 heterocycles. The first-order valence-corrected chi connectivity index (χ1v) is 9.99. The first-order chi connectivity index (χ1) is 14.1. The number of nitrogens with one attached hydrogen (secondary N) is 1. The van der Waals surface area contributed by atoms with E-state index in [9.17, 15) is 9.59 Å². The summed E-state index contributed by atoms with van der Waals surface area (Å²) in [5, 5.41) is 3.03. The van der Waals surface area contributed by atoms with Gasteiger partial charge in [0.05, 0.1) is 11.7 Å². The molecule has 1 aromatic carbocycles. The average Bonchev–Trinajstić information content (AvgIpc) is 2.77. The van der Waals surface area contributed by atoms with Crippen molar-refractivity contribution in [2.75, 3.05) is 26.3 Å². The lowest BCUT2D eigenvalue weighted by atomic mass is 9.88. The highest BCUT2D eigenvalue weighted by atomic mass is 16.6. The van der Waals surface area contributed by atoms with Gasteiger partial charge in [0.1, 0.15) is 13.2 Å². The van der Waals surface area contributed by atoms with Gasteiger partial charge in [-0.1, -0.05) is 6.07 Å². The number of aromatic nitrogens is 1. The number of nitrogens with zero attached hydrogens (tertiary/aromatic N) is 2. The van der Waals surface area contributed by atoms with Crippen molar-refractivity contribution in [1.29, 1.82) is 0 Å². The van der Waals surface area contributed by atoms with Gasteiger partial charge in [-0.3, -0.25) is 14.6 Å². The van der Waals surface area contributed by atoms with Crippen molar-refractivity contribution in [2.45, 2.75) is 25.8 Å². The third-order valence-corrected chi connectivity index (χ3v) is 5.37. The van der Waals surface area contributed by atoms with Crippen molar-refractivity contribution >= 4 is 11.8 Å². The summed E-state index contributed by atoms with van der Waals surface area (Å²) in [4.78, 5) is 31.2. The summed E-state index contributed by atoms with van der Waals surface area (Å²) in [6.07, 6.45) is 3.53. The Hall–Kier alpha value is -3.09. The van der Waals surface area contributed by atoms with Gasteiger partial charge in [-0.15, -0.1) is 0 Å². The number of pyridine rings is 1. The molecule has 1 fully saturated rings. The van der Waals surface area contributed by atoms with Crippen LogP contribution in [0, 0.1) is 5.92 Å². The molecule has 7 heteroatoms. The molecule has 1 aromatic heterocycles. The molecule has 1 saturated heterocycles. The van der Waals surface area contributed by atoms with Crippen LogP contribution in [0.5, 0.6) is 11.5 Å². The maximum Gasteiger partial charge on any atom is 0.254 e. The summed E-state index contributed by atoms with van der Waals surface area (Å²) in [7, 11) is 0. The van der Waals surface area contributed by atoms with Crippen molar-refractivity contribution in [1.82, 2.24) is 15.2 Å². The van der Waals surface area contributed by atoms with Crippen molar-refractivity contribution < 1.29 is 19.1 Å². The number of likely N-dealkylation sites (tertiary alicyclic amines) is 1. The molecule has 1 N–H and O–H groups in total. The molecule has 0 bridgehead atoms. The fraction of sp³-hybridized carbons (Fsp3) is 0.409. The highest BCUT2D eigenvalue weighted by Crippen LogP contribution is 2.33. The number of carbonyl (C=O) groups excluding carboxylic acids is 2. The van der Waals surface area contributed by atoms with E-state index in [1.54, 1.807) is 24.4 Å². The van der Waals surface area contributed by atoms with Crippen molar-refractivity contribution in [3.8, 4) is 11.5 Å². The van der Waals surface area contributed by atoms with Crippen LogP contribution in [0.25, 0.3) is 0 Å². The van der Waals surface area contributed by atoms with Crippen molar-refractivity contribution in [2.24, 2.45) is 5.92 Å². The predicted octanol–water partition coefficient (Wildman–Crippen LogP) is 2.58. The van der Waals surface area contributed by atoms with Crippen molar-refractivity contribution in [3.63, 3.8) is 0 Å². The lowest BCUT2D eigenvalue weighted by Gasteiger charge is -2.37. The average molecular weight is 395 g/mol. The maximum atomic E-state index is 13.1. The second kappa shape index (κ2) is 8.51. The number of carbonyl (C=O) groups is 2. The lowest BCUT2D eigenvalue weighted by molar-refractivity contribution is -0.120. The third kappa shape index (κ3) is 4.34. The predicted molar refractivity (Wildman–Crippen MR) is 107 cm³/mol. The fourth-order valence-electron chi connectivity index (χ4n) is 4.04. The van der Waals surface area contributed by atoms with Crippen LogP contribution in [0.2, 0.25) is 0 Å². The minimum atomic E-state index is -0.218. The van der Waals surface area contributed by atoms with E-state index in [4.69, 9.17) is 9.47 Å². The van der Waals surface area contributed by atoms with E-state index < -0.39 is 0 Å². The Balaban J connectivity index is 1.52. The van der Waals surface area contributed by atoms with E-state index in [0.29, 0.717) is 43.4 Å². The van der Waals surface area contributed by atoms with Crippen LogP contribution < -0.4 is 14.8 Å². The minimum Gasteiger partial charge on any atom is -0.486 e. The van der Waals surface area contributed by atoms with E-state index in [-0.39, 0.29) is 23.8 Å². The lowest BCUT2D eigenvalue weighted by Crippen LogP contribution is -2.45. The number of piperidine rings is 1. The summed E-state index contributed by atoms with van der Waals surface area (Å²) >= 11 is 0. The second-order valence-corrected chi connectivity index (χ2v) is 7.44. The van der Waals surface area contributed by atoms with E-state index >= 15 is 0 Å². The fourth-order valence-corrected chi connectivity index (χ4v) is 4.04. The molecule has 2 atom stereocenters. The summed E-state index contributed by atoms with van der Waals surface area (Å²) in [5.74, 6) is 1.25. The topological polar surface area (TPSA) is 80.8 Å². The normalized spacial score (nSPS) is 19.3. The second-order valence-electron chi connectivity index (χ2n) is 7.44. The number of hydrogen-bond donors (Lipinski definition) is 1. The Labute approximate surface area is 170 Å². The van der Waals surface area contributed by atoms with Crippen LogP contribution in [0.1, 0.15) is 41.9 Å². The summed E-state index contributed by atoms with van der Waals surface area (Å²) in [6, 6.07) is 10.8. The molecule has 2 aromatic rings. The van der Waals surface area contributed by atoms with Crippen LogP contribution in [-0.4, -0.2) is 48.0 Å². The number of fused-ring (bicyclic) bond motifs is 1. The van der Waals surface area contributed by atoms with Gasteiger partial charge in [0.25, 0.3) is 5.91 Å². The summed E-state index contributed by atoms with van der Waals surface area (Å²) in [6.45, 7) is 3.77. The number of hydrogen-bond acceptors (Lipinski definition) is 5. The first kappa shape index (κ1) is 19.2. The van der Waals surface area contributed by atoms with E-state index in [1.165, 1.54) is 6.92 Å². The largest absolute Gasteiger partial charge is 0.486 e. The Morgan fingerprint density at radius 3 is 2.76 bits per heavy atom. The molecule has 0 unspecified atom stereocenters. The van der Waals surface area contributed by atoms with Crippen molar-refractivity contribution in [3.05, 3.63) is 53.9 Å². The van der Waals surface area contributed by atoms with E-state index in [2.05, 4.69) is 10.3 Å². The van der Waals surface area contributed by atoms with Gasteiger partial charge in [0, 0.05) is 37.7 Å². The molecule has 0 spiro atoms. The summed E-state index contributed by atoms with van der Waals surface area (Å²) in [5.41, 5.74) is 1.41. The smallest absolute Gasteiger partial charge is 0.254 e. The molecular formula is C22H25N3O4. The zero-order valence-corrected chi connectivity index (χ0v) is 16.5. The van der Waals surface area contributed by atoms with Crippen LogP contribution in [0.4, 0.5) is 0 Å². The zero-order valence-electron chi connectivity index (χ0n) is 16.5. The van der Waals surface area contributed by atoms with Gasteiger partial charge in [0.15, 0.2) is 11.5 Å². The van der Waals surface area contributed by atoms with Gasteiger partial charge in [-0.2, -0.15) is 0 Å². The quantitative estimate of drug-likeness (QED) is 0.861.